The van der Waals surface area contributed by atoms with Gasteiger partial charge in [0.25, 0.3) is 0 Å². The lowest BCUT2D eigenvalue weighted by Gasteiger charge is -2.17. The van der Waals surface area contributed by atoms with E-state index in [1.165, 1.54) is 5.56 Å². The monoisotopic (exact) mass is 275 g/mol. The zero-order valence-electron chi connectivity index (χ0n) is 12.0. The molecule has 0 spiro atoms. The number of thiophene rings is 1. The fourth-order valence-corrected chi connectivity index (χ4v) is 3.06. The predicted molar refractivity (Wildman–Crippen MR) is 81.8 cm³/mol. The van der Waals surface area contributed by atoms with E-state index in [1.807, 2.05) is 0 Å². The number of hydrogen-bond acceptors (Lipinski definition) is 4. The molecule has 3 nitrogen and oxygen atoms in total. The van der Waals surface area contributed by atoms with Gasteiger partial charge in [-0.25, -0.2) is 9.97 Å². The van der Waals surface area contributed by atoms with Crippen LogP contribution in [0.25, 0.3) is 11.4 Å². The molecular weight excluding hydrogens is 254 g/mol. The average Bonchev–Trinajstić information content (AvgIpc) is 2.89. The van der Waals surface area contributed by atoms with Crippen molar-refractivity contribution in [1.29, 1.82) is 0 Å². The maximum Gasteiger partial charge on any atom is 0.160 e. The maximum atomic E-state index is 4.67. The van der Waals surface area contributed by atoms with E-state index >= 15 is 0 Å². The Morgan fingerprint density at radius 1 is 1.26 bits per heavy atom. The molecule has 19 heavy (non-hydrogen) atoms. The standard InChI is InChI=1S/C15H21N3S/c1-5-16-8-10(2)14-11(3)17-15(18-12(14)4)13-6-7-19-9-13/h6-7,9-10,16H,5,8H2,1-4H3. The van der Waals surface area contributed by atoms with Crippen molar-refractivity contribution in [2.24, 2.45) is 0 Å². The second-order valence-corrected chi connectivity index (χ2v) is 5.63. The Morgan fingerprint density at radius 2 is 1.95 bits per heavy atom. The minimum absolute atomic E-state index is 0.441. The number of nitrogens with one attached hydrogen (secondary N) is 1. The van der Waals surface area contributed by atoms with Gasteiger partial charge >= 0.3 is 0 Å². The van der Waals surface area contributed by atoms with Gasteiger partial charge in [-0.2, -0.15) is 11.3 Å². The molecule has 0 saturated carbocycles. The van der Waals surface area contributed by atoms with Crippen molar-refractivity contribution >= 4 is 11.3 Å². The molecule has 0 aliphatic carbocycles. The summed E-state index contributed by atoms with van der Waals surface area (Å²) in [5.41, 5.74) is 4.58. The Kier molecular flexibility index (Phi) is 4.66. The molecule has 0 bridgehead atoms. The van der Waals surface area contributed by atoms with E-state index < -0.39 is 0 Å². The third kappa shape index (κ3) is 3.19. The summed E-state index contributed by atoms with van der Waals surface area (Å²) in [5, 5.41) is 7.54. The summed E-state index contributed by atoms with van der Waals surface area (Å²) in [4.78, 5) is 9.35. The molecule has 2 rings (SSSR count). The van der Waals surface area contributed by atoms with Crippen LogP contribution in [0.2, 0.25) is 0 Å². The van der Waals surface area contributed by atoms with Crippen LogP contribution in [0.3, 0.4) is 0 Å². The van der Waals surface area contributed by atoms with Crippen molar-refractivity contribution in [2.45, 2.75) is 33.6 Å². The zero-order chi connectivity index (χ0) is 13.8. The Balaban J connectivity index is 2.32. The lowest BCUT2D eigenvalue weighted by atomic mass is 9.98. The number of likely N-dealkylation sites (N-methyl/N-ethyl adjacent to an activating group) is 1. The van der Waals surface area contributed by atoms with Crippen molar-refractivity contribution in [3.8, 4) is 11.4 Å². The molecule has 0 saturated heterocycles. The van der Waals surface area contributed by atoms with Crippen molar-refractivity contribution in [2.75, 3.05) is 13.1 Å². The molecule has 102 valence electrons. The molecule has 0 aromatic carbocycles. The van der Waals surface area contributed by atoms with E-state index in [1.54, 1.807) is 11.3 Å². The molecule has 0 radical (unpaired) electrons. The first-order valence-corrected chi connectivity index (χ1v) is 7.66. The normalized spacial score (nSPS) is 12.6. The van der Waals surface area contributed by atoms with Gasteiger partial charge in [-0.3, -0.25) is 0 Å². The highest BCUT2D eigenvalue weighted by Crippen LogP contribution is 2.25. The molecule has 0 aliphatic rings. The second kappa shape index (κ2) is 6.26. The summed E-state index contributed by atoms with van der Waals surface area (Å²) in [7, 11) is 0. The van der Waals surface area contributed by atoms with E-state index in [4.69, 9.17) is 0 Å². The SMILES string of the molecule is CCNCC(C)c1c(C)nc(-c2ccsc2)nc1C. The van der Waals surface area contributed by atoms with Crippen LogP contribution in [0.5, 0.6) is 0 Å². The molecule has 2 heterocycles. The van der Waals surface area contributed by atoms with Gasteiger partial charge in [-0.1, -0.05) is 13.8 Å². The smallest absolute Gasteiger partial charge is 0.160 e. The molecule has 1 N–H and O–H groups in total. The molecule has 0 amide bonds. The minimum atomic E-state index is 0.441. The van der Waals surface area contributed by atoms with Crippen LogP contribution in [-0.2, 0) is 0 Å². The van der Waals surface area contributed by atoms with E-state index in [2.05, 4.69) is 59.8 Å². The van der Waals surface area contributed by atoms with Crippen LogP contribution in [0.1, 0.15) is 36.7 Å². The van der Waals surface area contributed by atoms with Gasteiger partial charge in [0.05, 0.1) is 0 Å². The third-order valence-corrected chi connectivity index (χ3v) is 3.98. The summed E-state index contributed by atoms with van der Waals surface area (Å²) in [5.74, 6) is 1.28. The Morgan fingerprint density at radius 3 is 2.47 bits per heavy atom. The first-order chi connectivity index (χ1) is 9.13. The van der Waals surface area contributed by atoms with Gasteiger partial charge in [-0.05, 0) is 43.3 Å². The first kappa shape index (κ1) is 14.2. The Hall–Kier alpha value is -1.26. The molecular formula is C15H21N3S. The third-order valence-electron chi connectivity index (χ3n) is 3.30. The van der Waals surface area contributed by atoms with Crippen LogP contribution in [0.4, 0.5) is 0 Å². The predicted octanol–water partition coefficient (Wildman–Crippen LogP) is 3.53. The Bertz CT molecular complexity index is 511. The molecule has 1 unspecified atom stereocenters. The highest BCUT2D eigenvalue weighted by Gasteiger charge is 2.15. The maximum absolute atomic E-state index is 4.67. The Labute approximate surface area is 119 Å². The van der Waals surface area contributed by atoms with Gasteiger partial charge in [0, 0.05) is 28.9 Å². The van der Waals surface area contributed by atoms with Gasteiger partial charge in [0.15, 0.2) is 5.82 Å². The van der Waals surface area contributed by atoms with Gasteiger partial charge < -0.3 is 5.32 Å². The molecule has 2 aromatic heterocycles. The van der Waals surface area contributed by atoms with E-state index in [0.717, 1.165) is 35.9 Å². The van der Waals surface area contributed by atoms with E-state index in [-0.39, 0.29) is 0 Å². The summed E-state index contributed by atoms with van der Waals surface area (Å²) < 4.78 is 0. The van der Waals surface area contributed by atoms with Gasteiger partial charge in [0.1, 0.15) is 0 Å². The number of rotatable bonds is 5. The molecule has 0 aliphatic heterocycles. The summed E-state index contributed by atoms with van der Waals surface area (Å²) >= 11 is 1.68. The molecule has 4 heteroatoms. The van der Waals surface area contributed by atoms with Crippen LogP contribution >= 0.6 is 11.3 Å². The van der Waals surface area contributed by atoms with Crippen LogP contribution in [0.15, 0.2) is 16.8 Å². The zero-order valence-corrected chi connectivity index (χ0v) is 12.8. The summed E-state index contributed by atoms with van der Waals surface area (Å²) in [6, 6.07) is 2.07. The fraction of sp³-hybridized carbons (Fsp3) is 0.467. The summed E-state index contributed by atoms with van der Waals surface area (Å²) in [6.45, 7) is 10.5. The minimum Gasteiger partial charge on any atom is -0.316 e. The van der Waals surface area contributed by atoms with Crippen LogP contribution in [0, 0.1) is 13.8 Å². The van der Waals surface area contributed by atoms with Gasteiger partial charge in [-0.15, -0.1) is 0 Å². The number of hydrogen-bond donors (Lipinski definition) is 1. The first-order valence-electron chi connectivity index (χ1n) is 6.72. The topological polar surface area (TPSA) is 37.8 Å². The number of nitrogens with zero attached hydrogens (tertiary/aromatic N) is 2. The molecule has 2 aromatic rings. The fourth-order valence-electron chi connectivity index (χ4n) is 2.42. The number of aromatic nitrogens is 2. The quantitative estimate of drug-likeness (QED) is 0.907. The lowest BCUT2D eigenvalue weighted by molar-refractivity contribution is 0.624. The largest absolute Gasteiger partial charge is 0.316 e. The van der Waals surface area contributed by atoms with Crippen LogP contribution in [-0.4, -0.2) is 23.1 Å². The lowest BCUT2D eigenvalue weighted by Crippen LogP contribution is -2.21. The number of aryl methyl sites for hydroxylation is 2. The molecule has 1 atom stereocenters. The van der Waals surface area contributed by atoms with Crippen molar-refractivity contribution < 1.29 is 0 Å². The highest BCUT2D eigenvalue weighted by molar-refractivity contribution is 7.08. The van der Waals surface area contributed by atoms with Crippen LogP contribution < -0.4 is 5.32 Å². The summed E-state index contributed by atoms with van der Waals surface area (Å²) in [6.07, 6.45) is 0. The van der Waals surface area contributed by atoms with Crippen molar-refractivity contribution in [3.05, 3.63) is 33.8 Å². The van der Waals surface area contributed by atoms with E-state index in [0.29, 0.717) is 5.92 Å². The van der Waals surface area contributed by atoms with Gasteiger partial charge in [0.2, 0.25) is 0 Å². The van der Waals surface area contributed by atoms with Crippen molar-refractivity contribution in [1.82, 2.24) is 15.3 Å². The molecule has 0 fully saturated rings. The highest BCUT2D eigenvalue weighted by atomic mass is 32.1. The van der Waals surface area contributed by atoms with E-state index in [9.17, 15) is 0 Å². The van der Waals surface area contributed by atoms with Crippen molar-refractivity contribution in [3.63, 3.8) is 0 Å². The second-order valence-electron chi connectivity index (χ2n) is 4.85. The average molecular weight is 275 g/mol.